The van der Waals surface area contributed by atoms with Gasteiger partial charge in [0.1, 0.15) is 17.9 Å². The molecule has 0 spiro atoms. The molecular formula is C24H30O4. The molecule has 2 saturated heterocycles. The third kappa shape index (κ3) is 3.50. The van der Waals surface area contributed by atoms with Crippen molar-refractivity contribution in [3.05, 3.63) is 52.4 Å². The van der Waals surface area contributed by atoms with E-state index in [2.05, 4.69) is 33.8 Å². The van der Waals surface area contributed by atoms with Gasteiger partial charge in [0.2, 0.25) is 0 Å². The van der Waals surface area contributed by atoms with Gasteiger partial charge in [0.25, 0.3) is 0 Å². The highest BCUT2D eigenvalue weighted by molar-refractivity contribution is 5.77. The fourth-order valence-electron chi connectivity index (χ4n) is 5.21. The van der Waals surface area contributed by atoms with Crippen LogP contribution in [0.4, 0.5) is 0 Å². The van der Waals surface area contributed by atoms with Crippen LogP contribution in [0.1, 0.15) is 53.4 Å². The number of allylic oxidation sites excluding steroid dienone is 1. The lowest BCUT2D eigenvalue weighted by atomic mass is 9.62. The zero-order valence-corrected chi connectivity index (χ0v) is 17.3. The van der Waals surface area contributed by atoms with Gasteiger partial charge < -0.3 is 13.9 Å². The summed E-state index contributed by atoms with van der Waals surface area (Å²) in [6, 6.07) is 8.77. The summed E-state index contributed by atoms with van der Waals surface area (Å²) in [7, 11) is 0. The molecule has 1 aromatic heterocycles. The van der Waals surface area contributed by atoms with Crippen molar-refractivity contribution in [3.8, 4) is 5.75 Å². The van der Waals surface area contributed by atoms with Gasteiger partial charge in [0.05, 0.1) is 11.7 Å². The molecule has 150 valence electrons. The van der Waals surface area contributed by atoms with Crippen molar-refractivity contribution < 1.29 is 13.9 Å². The van der Waals surface area contributed by atoms with Crippen molar-refractivity contribution in [2.24, 2.45) is 11.3 Å². The summed E-state index contributed by atoms with van der Waals surface area (Å²) in [5.74, 6) is 1.31. The summed E-state index contributed by atoms with van der Waals surface area (Å²) in [5.41, 5.74) is 1.87. The first-order valence-electron chi connectivity index (χ1n) is 10.3. The quantitative estimate of drug-likeness (QED) is 0.489. The second kappa shape index (κ2) is 7.07. The van der Waals surface area contributed by atoms with E-state index in [1.807, 2.05) is 12.1 Å². The van der Waals surface area contributed by atoms with Gasteiger partial charge in [-0.1, -0.05) is 19.4 Å². The van der Waals surface area contributed by atoms with E-state index in [9.17, 15) is 4.79 Å². The van der Waals surface area contributed by atoms with E-state index < -0.39 is 0 Å². The summed E-state index contributed by atoms with van der Waals surface area (Å²) in [4.78, 5) is 11.4. The Morgan fingerprint density at radius 1 is 1.25 bits per heavy atom. The maximum atomic E-state index is 11.4. The van der Waals surface area contributed by atoms with Crippen molar-refractivity contribution in [2.75, 3.05) is 6.61 Å². The van der Waals surface area contributed by atoms with Crippen molar-refractivity contribution in [1.29, 1.82) is 0 Å². The lowest BCUT2D eigenvalue weighted by Crippen LogP contribution is -2.40. The first kappa shape index (κ1) is 19.3. The summed E-state index contributed by atoms with van der Waals surface area (Å²) in [5, 5.41) is 0.892. The zero-order valence-electron chi connectivity index (χ0n) is 17.3. The average molecular weight is 383 g/mol. The Balaban J connectivity index is 1.33. The first-order valence-corrected chi connectivity index (χ1v) is 10.3. The molecular weight excluding hydrogens is 352 g/mol. The summed E-state index contributed by atoms with van der Waals surface area (Å²) in [6.45, 7) is 9.72. The molecule has 0 radical (unpaired) electrons. The zero-order chi connectivity index (χ0) is 19.9. The molecule has 0 aliphatic carbocycles. The van der Waals surface area contributed by atoms with Gasteiger partial charge in [0, 0.05) is 17.5 Å². The maximum Gasteiger partial charge on any atom is 0.336 e. The Kier molecular flexibility index (Phi) is 4.86. The van der Waals surface area contributed by atoms with E-state index in [-0.39, 0.29) is 16.6 Å². The molecule has 2 aliphatic rings. The third-order valence-corrected chi connectivity index (χ3v) is 6.88. The van der Waals surface area contributed by atoms with Crippen LogP contribution in [-0.4, -0.2) is 18.3 Å². The second-order valence-corrected chi connectivity index (χ2v) is 9.19. The van der Waals surface area contributed by atoms with Crippen LogP contribution in [0.3, 0.4) is 0 Å². The largest absolute Gasteiger partial charge is 0.489 e. The monoisotopic (exact) mass is 382 g/mol. The Labute approximate surface area is 166 Å². The predicted molar refractivity (Wildman–Crippen MR) is 111 cm³/mol. The van der Waals surface area contributed by atoms with E-state index >= 15 is 0 Å². The molecule has 2 fully saturated rings. The first-order chi connectivity index (χ1) is 13.3. The van der Waals surface area contributed by atoms with Crippen LogP contribution in [-0.2, 0) is 4.74 Å². The minimum atomic E-state index is -0.346. The van der Waals surface area contributed by atoms with Gasteiger partial charge in [-0.05, 0) is 75.1 Å². The molecule has 2 bridgehead atoms. The number of fused-ring (bicyclic) bond motifs is 3. The number of ether oxygens (including phenoxy) is 2. The van der Waals surface area contributed by atoms with Crippen molar-refractivity contribution in [3.63, 3.8) is 0 Å². The van der Waals surface area contributed by atoms with Crippen molar-refractivity contribution in [1.82, 2.24) is 0 Å². The Bertz CT molecular complexity index is 950. The topological polar surface area (TPSA) is 48.7 Å². The second-order valence-electron chi connectivity index (χ2n) is 9.19. The minimum Gasteiger partial charge on any atom is -0.489 e. The van der Waals surface area contributed by atoms with E-state index in [4.69, 9.17) is 13.9 Å². The molecule has 4 heteroatoms. The fraction of sp³-hybridized carbons (Fsp3) is 0.542. The summed E-state index contributed by atoms with van der Waals surface area (Å²) < 4.78 is 17.4. The highest BCUT2D eigenvalue weighted by atomic mass is 16.5. The van der Waals surface area contributed by atoms with Crippen LogP contribution < -0.4 is 10.4 Å². The van der Waals surface area contributed by atoms with Gasteiger partial charge in [-0.15, -0.1) is 0 Å². The molecule has 2 aliphatic heterocycles. The van der Waals surface area contributed by atoms with E-state index in [1.54, 1.807) is 12.1 Å². The molecule has 3 heterocycles. The fourth-order valence-corrected chi connectivity index (χ4v) is 5.21. The lowest BCUT2D eigenvalue weighted by Gasteiger charge is -2.39. The molecule has 4 rings (SSSR count). The Hall–Kier alpha value is -2.07. The number of hydrogen-bond donors (Lipinski definition) is 0. The van der Waals surface area contributed by atoms with Crippen LogP contribution >= 0.6 is 0 Å². The normalized spacial score (nSPS) is 28.8. The molecule has 2 aromatic rings. The Morgan fingerprint density at radius 2 is 2.04 bits per heavy atom. The van der Waals surface area contributed by atoms with E-state index in [0.29, 0.717) is 30.0 Å². The van der Waals surface area contributed by atoms with E-state index in [0.717, 1.165) is 18.2 Å². The van der Waals surface area contributed by atoms with E-state index in [1.165, 1.54) is 24.5 Å². The average Bonchev–Trinajstić information content (AvgIpc) is 3.12. The van der Waals surface area contributed by atoms with Gasteiger partial charge in [-0.25, -0.2) is 4.79 Å². The maximum absolute atomic E-state index is 11.4. The highest BCUT2D eigenvalue weighted by Gasteiger charge is 2.60. The molecule has 4 nitrogen and oxygen atoms in total. The Morgan fingerprint density at radius 3 is 2.79 bits per heavy atom. The smallest absolute Gasteiger partial charge is 0.336 e. The van der Waals surface area contributed by atoms with Crippen LogP contribution in [0.25, 0.3) is 11.0 Å². The summed E-state index contributed by atoms with van der Waals surface area (Å²) >= 11 is 0. The number of hydrogen-bond acceptors (Lipinski definition) is 4. The molecule has 0 amide bonds. The highest BCUT2D eigenvalue weighted by Crippen LogP contribution is 2.59. The van der Waals surface area contributed by atoms with Crippen molar-refractivity contribution in [2.45, 2.75) is 65.1 Å². The molecule has 0 N–H and O–H groups in total. The number of benzene rings is 1. The standard InChI is InChI=1S/C24H30O4/c1-16(5-9-20-23(2,3)21-11-13-24(20,4)28-21)12-14-26-18-8-6-17-7-10-22(25)27-19(17)15-18/h6-8,10,12,15,20-21H,5,9,11,13-14H2,1-4H3/b16-12+/t20-,21-,24+/m1/s1. The van der Waals surface area contributed by atoms with Gasteiger partial charge in [-0.3, -0.25) is 0 Å². The predicted octanol–water partition coefficient (Wildman–Crippen LogP) is 5.49. The minimum absolute atomic E-state index is 0.0555. The lowest BCUT2D eigenvalue weighted by molar-refractivity contribution is 0.00469. The van der Waals surface area contributed by atoms with Gasteiger partial charge in [-0.2, -0.15) is 0 Å². The van der Waals surface area contributed by atoms with Crippen LogP contribution in [0.15, 0.2) is 51.2 Å². The van der Waals surface area contributed by atoms with Crippen LogP contribution in [0.2, 0.25) is 0 Å². The number of rotatable bonds is 6. The third-order valence-electron chi connectivity index (χ3n) is 6.88. The SMILES string of the molecule is C/C(=C\COc1ccc2ccc(=O)oc2c1)CC[C@@H]1C(C)(C)[C@H]2CC[C@]1(C)O2. The molecule has 3 atom stereocenters. The van der Waals surface area contributed by atoms with Crippen LogP contribution in [0, 0.1) is 11.3 Å². The summed E-state index contributed by atoms with van der Waals surface area (Å²) in [6.07, 6.45) is 7.18. The molecule has 0 saturated carbocycles. The van der Waals surface area contributed by atoms with Crippen LogP contribution in [0.5, 0.6) is 5.75 Å². The van der Waals surface area contributed by atoms with Gasteiger partial charge >= 0.3 is 5.63 Å². The van der Waals surface area contributed by atoms with Crippen molar-refractivity contribution >= 4 is 11.0 Å². The molecule has 1 aromatic carbocycles. The molecule has 28 heavy (non-hydrogen) atoms. The molecule has 0 unspecified atom stereocenters. The van der Waals surface area contributed by atoms with Gasteiger partial charge in [0.15, 0.2) is 0 Å².